The molecule has 0 radical (unpaired) electrons. The number of halogens is 4. The van der Waals surface area contributed by atoms with Gasteiger partial charge in [0.05, 0.1) is 0 Å². The zero-order chi connectivity index (χ0) is 19.6. The van der Waals surface area contributed by atoms with E-state index in [1.165, 1.54) is 6.07 Å². The van der Waals surface area contributed by atoms with Crippen molar-refractivity contribution in [3.63, 3.8) is 0 Å². The average molecular weight is 383 g/mol. The van der Waals surface area contributed by atoms with Gasteiger partial charge in [0.2, 0.25) is 5.91 Å². The maximum atomic E-state index is 13.8. The smallest absolute Gasteiger partial charge is 0.371 e. The van der Waals surface area contributed by atoms with Crippen molar-refractivity contribution in [3.05, 3.63) is 58.3 Å². The van der Waals surface area contributed by atoms with Gasteiger partial charge in [0.1, 0.15) is 17.9 Å². The first kappa shape index (κ1) is 18.9. The molecular formula is C18H17F4N3O2. The van der Waals surface area contributed by atoms with Gasteiger partial charge >= 0.3 is 6.18 Å². The van der Waals surface area contributed by atoms with Gasteiger partial charge in [-0.05, 0) is 43.2 Å². The van der Waals surface area contributed by atoms with Gasteiger partial charge in [0, 0.05) is 30.7 Å². The first-order chi connectivity index (χ1) is 12.7. The van der Waals surface area contributed by atoms with Crippen LogP contribution in [0.3, 0.4) is 0 Å². The highest BCUT2D eigenvalue weighted by Crippen LogP contribution is 2.26. The zero-order valence-electron chi connectivity index (χ0n) is 14.2. The molecule has 1 fully saturated rings. The summed E-state index contributed by atoms with van der Waals surface area (Å²) >= 11 is 0. The van der Waals surface area contributed by atoms with Crippen LogP contribution in [0.15, 0.2) is 41.3 Å². The van der Waals surface area contributed by atoms with E-state index in [1.807, 2.05) is 4.90 Å². The van der Waals surface area contributed by atoms with Crippen LogP contribution in [0.25, 0.3) is 0 Å². The molecule has 5 nitrogen and oxygen atoms in total. The normalized spacial score (nSPS) is 14.4. The number of anilines is 2. The molecule has 1 saturated heterocycles. The molecule has 1 aliphatic rings. The molecule has 144 valence electrons. The number of alkyl halides is 3. The Kier molecular flexibility index (Phi) is 5.20. The van der Waals surface area contributed by atoms with E-state index in [9.17, 15) is 27.2 Å². The van der Waals surface area contributed by atoms with Crippen LogP contribution >= 0.6 is 0 Å². The minimum absolute atomic E-state index is 0.182. The molecule has 0 bridgehead atoms. The Hall–Kier alpha value is -2.84. The summed E-state index contributed by atoms with van der Waals surface area (Å²) in [4.78, 5) is 26.0. The number of aromatic nitrogens is 1. The Bertz CT molecular complexity index is 902. The molecule has 2 heterocycles. The number of rotatable bonds is 4. The quantitative estimate of drug-likeness (QED) is 0.825. The summed E-state index contributed by atoms with van der Waals surface area (Å²) in [6.45, 7) is 0.964. The summed E-state index contributed by atoms with van der Waals surface area (Å²) < 4.78 is 52.9. The van der Waals surface area contributed by atoms with Gasteiger partial charge in [0.15, 0.2) is 0 Å². The van der Waals surface area contributed by atoms with Crippen molar-refractivity contribution in [1.82, 2.24) is 4.57 Å². The standard InChI is InChI=1S/C18H17F4N3O2/c19-12-8-13(10-14(9-12)24-5-1-2-6-24)23-16(26)11-25-7-3-4-15(17(25)27)18(20,21)22/h3-4,7-10H,1-2,5-6,11H2,(H,23,26). The van der Waals surface area contributed by atoms with E-state index in [2.05, 4.69) is 5.32 Å². The van der Waals surface area contributed by atoms with Gasteiger partial charge < -0.3 is 14.8 Å². The van der Waals surface area contributed by atoms with Gasteiger partial charge in [-0.3, -0.25) is 9.59 Å². The van der Waals surface area contributed by atoms with Gasteiger partial charge in [0.25, 0.3) is 5.56 Å². The van der Waals surface area contributed by atoms with E-state index in [1.54, 1.807) is 6.07 Å². The zero-order valence-corrected chi connectivity index (χ0v) is 14.2. The molecule has 1 aliphatic heterocycles. The van der Waals surface area contributed by atoms with E-state index in [0.717, 1.165) is 44.3 Å². The summed E-state index contributed by atoms with van der Waals surface area (Å²) in [5.41, 5.74) is -1.85. The lowest BCUT2D eigenvalue weighted by molar-refractivity contribution is -0.139. The number of benzene rings is 1. The van der Waals surface area contributed by atoms with Crippen LogP contribution in [0, 0.1) is 5.82 Å². The highest BCUT2D eigenvalue weighted by molar-refractivity contribution is 5.91. The number of nitrogens with zero attached hydrogens (tertiary/aromatic N) is 2. The Morgan fingerprint density at radius 2 is 1.85 bits per heavy atom. The fourth-order valence-electron chi connectivity index (χ4n) is 3.04. The number of hydrogen-bond acceptors (Lipinski definition) is 3. The number of pyridine rings is 1. The van der Waals surface area contributed by atoms with Crippen molar-refractivity contribution in [1.29, 1.82) is 0 Å². The fraction of sp³-hybridized carbons (Fsp3) is 0.333. The molecule has 2 aromatic rings. The molecule has 3 rings (SSSR count). The summed E-state index contributed by atoms with van der Waals surface area (Å²) in [5.74, 6) is -1.26. The van der Waals surface area contributed by atoms with Gasteiger partial charge in [-0.1, -0.05) is 0 Å². The Balaban J connectivity index is 1.76. The Labute approximate surface area is 152 Å². The average Bonchev–Trinajstić information content (AvgIpc) is 3.09. The van der Waals surface area contributed by atoms with E-state index in [4.69, 9.17) is 0 Å². The first-order valence-corrected chi connectivity index (χ1v) is 8.36. The maximum Gasteiger partial charge on any atom is 0.421 e. The summed E-state index contributed by atoms with van der Waals surface area (Å²) in [7, 11) is 0. The number of carbonyl (C=O) groups is 1. The van der Waals surface area contributed by atoms with Crippen LogP contribution in [0.2, 0.25) is 0 Å². The Morgan fingerprint density at radius 3 is 2.52 bits per heavy atom. The topological polar surface area (TPSA) is 54.3 Å². The van der Waals surface area contributed by atoms with E-state index >= 15 is 0 Å². The first-order valence-electron chi connectivity index (χ1n) is 8.36. The number of hydrogen-bond donors (Lipinski definition) is 1. The van der Waals surface area contributed by atoms with Crippen LogP contribution in [0.1, 0.15) is 18.4 Å². The van der Waals surface area contributed by atoms with Crippen molar-refractivity contribution >= 4 is 17.3 Å². The molecule has 0 saturated carbocycles. The predicted molar refractivity (Wildman–Crippen MR) is 92.2 cm³/mol. The van der Waals surface area contributed by atoms with Gasteiger partial charge in [-0.25, -0.2) is 4.39 Å². The van der Waals surface area contributed by atoms with Crippen molar-refractivity contribution in [2.24, 2.45) is 0 Å². The Morgan fingerprint density at radius 1 is 1.15 bits per heavy atom. The SMILES string of the molecule is O=C(Cn1cccc(C(F)(F)F)c1=O)Nc1cc(F)cc(N2CCCC2)c1. The van der Waals surface area contributed by atoms with Crippen molar-refractivity contribution in [2.45, 2.75) is 25.6 Å². The molecular weight excluding hydrogens is 366 g/mol. The summed E-state index contributed by atoms with van der Waals surface area (Å²) in [5, 5.41) is 2.43. The predicted octanol–water partition coefficient (Wildman–Crippen LogP) is 3.25. The number of carbonyl (C=O) groups excluding carboxylic acids is 1. The van der Waals surface area contributed by atoms with E-state index < -0.39 is 35.6 Å². The second-order valence-corrected chi connectivity index (χ2v) is 6.29. The van der Waals surface area contributed by atoms with E-state index in [0.29, 0.717) is 16.3 Å². The van der Waals surface area contributed by atoms with Crippen molar-refractivity contribution < 1.29 is 22.4 Å². The van der Waals surface area contributed by atoms with E-state index in [-0.39, 0.29) is 5.69 Å². The monoisotopic (exact) mass is 383 g/mol. The van der Waals surface area contributed by atoms with Crippen LogP contribution in [0.5, 0.6) is 0 Å². The molecule has 1 amide bonds. The van der Waals surface area contributed by atoms with Crippen LogP contribution < -0.4 is 15.8 Å². The van der Waals surface area contributed by atoms with Crippen molar-refractivity contribution in [3.8, 4) is 0 Å². The third-order valence-electron chi connectivity index (χ3n) is 4.28. The minimum Gasteiger partial charge on any atom is -0.371 e. The highest BCUT2D eigenvalue weighted by atomic mass is 19.4. The minimum atomic E-state index is -4.80. The second-order valence-electron chi connectivity index (χ2n) is 6.29. The molecule has 0 spiro atoms. The van der Waals surface area contributed by atoms with Crippen LogP contribution in [-0.4, -0.2) is 23.6 Å². The third-order valence-corrected chi connectivity index (χ3v) is 4.28. The third kappa shape index (κ3) is 4.47. The molecule has 1 aromatic heterocycles. The molecule has 27 heavy (non-hydrogen) atoms. The van der Waals surface area contributed by atoms with Crippen LogP contribution in [0.4, 0.5) is 28.9 Å². The van der Waals surface area contributed by atoms with Crippen LogP contribution in [-0.2, 0) is 17.5 Å². The molecule has 9 heteroatoms. The largest absolute Gasteiger partial charge is 0.421 e. The lowest BCUT2D eigenvalue weighted by Crippen LogP contribution is -2.32. The van der Waals surface area contributed by atoms with Gasteiger partial charge in [-0.15, -0.1) is 0 Å². The maximum absolute atomic E-state index is 13.8. The number of amides is 1. The molecule has 1 aromatic carbocycles. The molecule has 0 aliphatic carbocycles. The lowest BCUT2D eigenvalue weighted by atomic mass is 10.2. The summed E-state index contributed by atoms with van der Waals surface area (Å²) in [6, 6.07) is 5.78. The fourth-order valence-corrected chi connectivity index (χ4v) is 3.04. The van der Waals surface area contributed by atoms with Crippen molar-refractivity contribution in [2.75, 3.05) is 23.3 Å². The van der Waals surface area contributed by atoms with Gasteiger partial charge in [-0.2, -0.15) is 13.2 Å². The highest BCUT2D eigenvalue weighted by Gasteiger charge is 2.34. The number of nitrogens with one attached hydrogen (secondary N) is 1. The molecule has 0 unspecified atom stereocenters. The molecule has 0 atom stereocenters. The summed E-state index contributed by atoms with van der Waals surface area (Å²) in [6.07, 6.45) is -1.71. The second kappa shape index (κ2) is 7.42. The lowest BCUT2D eigenvalue weighted by Gasteiger charge is -2.19. The molecule has 1 N–H and O–H groups in total.